The van der Waals surface area contributed by atoms with E-state index in [-0.39, 0.29) is 11.1 Å². The molecule has 96 valence electrons. The molecule has 1 aromatic rings. The zero-order valence-corrected chi connectivity index (χ0v) is 10.9. The van der Waals surface area contributed by atoms with E-state index in [1.54, 1.807) is 7.05 Å². The van der Waals surface area contributed by atoms with Gasteiger partial charge in [0, 0.05) is 13.1 Å². The Morgan fingerprint density at radius 3 is 2.47 bits per heavy atom. The van der Waals surface area contributed by atoms with E-state index in [0.717, 1.165) is 25.7 Å². The van der Waals surface area contributed by atoms with Crippen LogP contribution in [0.5, 0.6) is 0 Å². The Labute approximate surface area is 102 Å². The van der Waals surface area contributed by atoms with Crippen LogP contribution in [0.1, 0.15) is 38.5 Å². The maximum atomic E-state index is 12.3. The number of aromatic nitrogens is 2. The van der Waals surface area contributed by atoms with Crippen LogP contribution in [0.3, 0.4) is 0 Å². The minimum Gasteiger partial charge on any atom is -0.266 e. The third-order valence-electron chi connectivity index (χ3n) is 3.47. The topological polar surface area (TPSA) is 66.1 Å². The van der Waals surface area contributed by atoms with Gasteiger partial charge in [0.1, 0.15) is 0 Å². The molecule has 0 radical (unpaired) electrons. The van der Waals surface area contributed by atoms with Crippen molar-refractivity contribution >= 4 is 10.0 Å². The Morgan fingerprint density at radius 2 is 1.94 bits per heavy atom. The molecule has 0 aromatic carbocycles. The molecule has 0 amide bonds. The minimum atomic E-state index is -3.40. The molecule has 6 heteroatoms. The van der Waals surface area contributed by atoms with Gasteiger partial charge in [0.2, 0.25) is 0 Å². The van der Waals surface area contributed by atoms with Gasteiger partial charge in [0.25, 0.3) is 10.0 Å². The fraction of sp³-hybridized carbons (Fsp3) is 0.727. The summed E-state index contributed by atoms with van der Waals surface area (Å²) in [6, 6.07) is 1.63. The zero-order valence-electron chi connectivity index (χ0n) is 10.1. The van der Waals surface area contributed by atoms with Crippen LogP contribution >= 0.6 is 0 Å². The zero-order chi connectivity index (χ0) is 12.3. The average Bonchev–Trinajstić information content (AvgIpc) is 2.72. The molecule has 0 saturated heterocycles. The first kappa shape index (κ1) is 12.6. The molecule has 5 nitrogen and oxygen atoms in total. The van der Waals surface area contributed by atoms with Gasteiger partial charge in [-0.3, -0.25) is 5.10 Å². The Morgan fingerprint density at radius 1 is 1.29 bits per heavy atom. The van der Waals surface area contributed by atoms with Gasteiger partial charge in [-0.05, 0) is 18.9 Å². The molecular formula is C11H19N3O2S. The minimum absolute atomic E-state index is 0.130. The molecule has 0 bridgehead atoms. The van der Waals surface area contributed by atoms with Crippen LogP contribution in [0.4, 0.5) is 0 Å². The average molecular weight is 257 g/mol. The molecule has 1 aliphatic rings. The van der Waals surface area contributed by atoms with Crippen molar-refractivity contribution in [2.75, 3.05) is 7.05 Å². The molecule has 0 aliphatic heterocycles. The highest BCUT2D eigenvalue weighted by molar-refractivity contribution is 7.89. The smallest absolute Gasteiger partial charge is 0.259 e. The van der Waals surface area contributed by atoms with Gasteiger partial charge in [-0.1, -0.05) is 25.7 Å². The van der Waals surface area contributed by atoms with Crippen molar-refractivity contribution in [1.29, 1.82) is 0 Å². The van der Waals surface area contributed by atoms with Crippen molar-refractivity contribution in [2.45, 2.75) is 49.6 Å². The lowest BCUT2D eigenvalue weighted by atomic mass is 10.1. The van der Waals surface area contributed by atoms with E-state index in [2.05, 4.69) is 10.2 Å². The molecule has 0 spiro atoms. The predicted molar refractivity (Wildman–Crippen MR) is 65.0 cm³/mol. The summed E-state index contributed by atoms with van der Waals surface area (Å²) in [6.07, 6.45) is 8.06. The van der Waals surface area contributed by atoms with E-state index in [9.17, 15) is 8.42 Å². The highest BCUT2D eigenvalue weighted by Crippen LogP contribution is 2.24. The van der Waals surface area contributed by atoms with Crippen LogP contribution in [0.2, 0.25) is 0 Å². The van der Waals surface area contributed by atoms with Gasteiger partial charge in [-0.15, -0.1) is 0 Å². The van der Waals surface area contributed by atoms with Crippen LogP contribution in [-0.4, -0.2) is 36.0 Å². The van der Waals surface area contributed by atoms with E-state index in [0.29, 0.717) is 0 Å². The summed E-state index contributed by atoms with van der Waals surface area (Å²) in [5.74, 6) is 0. The molecular weight excluding hydrogens is 238 g/mol. The highest BCUT2D eigenvalue weighted by atomic mass is 32.2. The standard InChI is InChI=1S/C11H19N3O2S/c1-14(10-6-4-2-3-5-7-10)17(15,16)11-8-9-12-13-11/h8-10H,2-7H2,1H3,(H,12,13). The summed E-state index contributed by atoms with van der Waals surface area (Å²) in [4.78, 5) is 0. The van der Waals surface area contributed by atoms with Crippen LogP contribution in [-0.2, 0) is 10.0 Å². The number of hydrogen-bond acceptors (Lipinski definition) is 3. The van der Waals surface area contributed by atoms with Crippen molar-refractivity contribution in [3.8, 4) is 0 Å². The Kier molecular flexibility index (Phi) is 3.83. The Balaban J connectivity index is 2.15. The fourth-order valence-electron chi connectivity index (χ4n) is 2.36. The SMILES string of the molecule is CN(C1CCCCCC1)S(=O)(=O)c1ccn[nH]1. The molecule has 0 atom stereocenters. The first-order chi connectivity index (χ1) is 8.12. The number of nitrogens with one attached hydrogen (secondary N) is 1. The number of rotatable bonds is 3. The molecule has 1 heterocycles. The monoisotopic (exact) mass is 257 g/mol. The van der Waals surface area contributed by atoms with E-state index in [1.165, 1.54) is 29.4 Å². The lowest BCUT2D eigenvalue weighted by Gasteiger charge is -2.25. The van der Waals surface area contributed by atoms with Gasteiger partial charge in [-0.25, -0.2) is 8.42 Å². The number of sulfonamides is 1. The summed E-state index contributed by atoms with van der Waals surface area (Å²) in [5, 5.41) is 6.42. The first-order valence-corrected chi connectivity index (χ1v) is 7.54. The van der Waals surface area contributed by atoms with E-state index < -0.39 is 10.0 Å². The fourth-order valence-corrected chi connectivity index (χ4v) is 3.67. The van der Waals surface area contributed by atoms with Crippen LogP contribution in [0, 0.1) is 0 Å². The van der Waals surface area contributed by atoms with Crippen LogP contribution in [0.15, 0.2) is 17.3 Å². The van der Waals surface area contributed by atoms with Gasteiger partial charge >= 0.3 is 0 Å². The highest BCUT2D eigenvalue weighted by Gasteiger charge is 2.29. The van der Waals surface area contributed by atoms with E-state index >= 15 is 0 Å². The first-order valence-electron chi connectivity index (χ1n) is 6.10. The maximum Gasteiger partial charge on any atom is 0.259 e. The Hall–Kier alpha value is -0.880. The number of aromatic amines is 1. The summed E-state index contributed by atoms with van der Waals surface area (Å²) in [5.41, 5.74) is 0. The molecule has 1 aliphatic carbocycles. The molecule has 2 rings (SSSR count). The quantitative estimate of drug-likeness (QED) is 0.839. The van der Waals surface area contributed by atoms with Crippen LogP contribution < -0.4 is 0 Å². The van der Waals surface area contributed by atoms with Gasteiger partial charge in [0.05, 0.1) is 6.20 Å². The van der Waals surface area contributed by atoms with Crippen molar-refractivity contribution in [2.24, 2.45) is 0 Å². The molecule has 1 fully saturated rings. The Bertz CT molecular complexity index is 433. The van der Waals surface area contributed by atoms with Gasteiger partial charge in [-0.2, -0.15) is 9.40 Å². The summed E-state index contributed by atoms with van der Waals surface area (Å²) < 4.78 is 26.0. The second-order valence-corrected chi connectivity index (χ2v) is 6.55. The molecule has 1 N–H and O–H groups in total. The van der Waals surface area contributed by atoms with Gasteiger partial charge < -0.3 is 0 Å². The molecule has 1 saturated carbocycles. The summed E-state index contributed by atoms with van der Waals surface area (Å²) >= 11 is 0. The summed E-state index contributed by atoms with van der Waals surface area (Å²) in [6.45, 7) is 0. The van der Waals surface area contributed by atoms with Crippen molar-refractivity contribution in [3.05, 3.63) is 12.3 Å². The normalized spacial score (nSPS) is 19.4. The second kappa shape index (κ2) is 5.18. The van der Waals surface area contributed by atoms with E-state index in [1.807, 2.05) is 0 Å². The predicted octanol–water partition coefficient (Wildman–Crippen LogP) is 1.75. The van der Waals surface area contributed by atoms with E-state index in [4.69, 9.17) is 0 Å². The maximum absolute atomic E-state index is 12.3. The van der Waals surface area contributed by atoms with Crippen molar-refractivity contribution in [1.82, 2.24) is 14.5 Å². The molecule has 0 unspecified atom stereocenters. The third kappa shape index (κ3) is 2.69. The largest absolute Gasteiger partial charge is 0.266 e. The van der Waals surface area contributed by atoms with Crippen molar-refractivity contribution in [3.63, 3.8) is 0 Å². The summed E-state index contributed by atoms with van der Waals surface area (Å²) in [7, 11) is -1.72. The number of H-pyrrole nitrogens is 1. The van der Waals surface area contributed by atoms with Gasteiger partial charge in [0.15, 0.2) is 5.03 Å². The number of nitrogens with zero attached hydrogens (tertiary/aromatic N) is 2. The number of hydrogen-bond donors (Lipinski definition) is 1. The second-order valence-electron chi connectivity index (χ2n) is 4.59. The molecule has 17 heavy (non-hydrogen) atoms. The van der Waals surface area contributed by atoms with Crippen molar-refractivity contribution < 1.29 is 8.42 Å². The lowest BCUT2D eigenvalue weighted by Crippen LogP contribution is -2.36. The van der Waals surface area contributed by atoms with Crippen LogP contribution in [0.25, 0.3) is 0 Å². The molecule has 1 aromatic heterocycles. The third-order valence-corrected chi connectivity index (χ3v) is 5.31. The lowest BCUT2D eigenvalue weighted by molar-refractivity contribution is 0.334.